The van der Waals surface area contributed by atoms with Gasteiger partial charge in [0, 0.05) is 39.1 Å². The van der Waals surface area contributed by atoms with Crippen LogP contribution < -0.4 is 5.32 Å². The summed E-state index contributed by atoms with van der Waals surface area (Å²) in [4.78, 5) is 4.40. The Morgan fingerprint density at radius 1 is 1.33 bits per heavy atom. The zero-order valence-corrected chi connectivity index (χ0v) is 11.3. The van der Waals surface area contributed by atoms with Gasteiger partial charge in [-0.3, -0.25) is 4.68 Å². The van der Waals surface area contributed by atoms with Crippen molar-refractivity contribution in [3.8, 4) is 0 Å². The quantitative estimate of drug-likeness (QED) is 0.840. The Morgan fingerprint density at radius 2 is 2.17 bits per heavy atom. The van der Waals surface area contributed by atoms with Gasteiger partial charge in [-0.05, 0) is 19.0 Å². The lowest BCUT2D eigenvalue weighted by Gasteiger charge is -2.18. The lowest BCUT2D eigenvalue weighted by molar-refractivity contribution is 0.480. The lowest BCUT2D eigenvalue weighted by atomic mass is 10.1. The first kappa shape index (κ1) is 12.8. The van der Waals surface area contributed by atoms with Gasteiger partial charge in [-0.25, -0.2) is 4.98 Å². The molecule has 2 aromatic heterocycles. The van der Waals surface area contributed by atoms with Crippen LogP contribution in [0, 0.1) is 0 Å². The second-order valence-electron chi connectivity index (χ2n) is 4.54. The monoisotopic (exact) mass is 247 g/mol. The van der Waals surface area contributed by atoms with Gasteiger partial charge in [-0.15, -0.1) is 0 Å². The zero-order valence-electron chi connectivity index (χ0n) is 11.3. The molecular formula is C13H21N5. The van der Waals surface area contributed by atoms with E-state index in [1.807, 2.05) is 37.4 Å². The Kier molecular flexibility index (Phi) is 4.15. The van der Waals surface area contributed by atoms with Gasteiger partial charge < -0.3 is 9.88 Å². The molecule has 0 aromatic carbocycles. The Morgan fingerprint density at radius 3 is 2.72 bits per heavy atom. The highest BCUT2D eigenvalue weighted by atomic mass is 15.3. The van der Waals surface area contributed by atoms with Crippen LogP contribution >= 0.6 is 0 Å². The topological polar surface area (TPSA) is 47.7 Å². The van der Waals surface area contributed by atoms with Crippen molar-refractivity contribution in [1.82, 2.24) is 24.6 Å². The van der Waals surface area contributed by atoms with Crippen LogP contribution in [0.3, 0.4) is 0 Å². The van der Waals surface area contributed by atoms with Gasteiger partial charge in [0.25, 0.3) is 0 Å². The molecule has 2 rings (SSSR count). The van der Waals surface area contributed by atoms with Crippen molar-refractivity contribution in [2.75, 3.05) is 6.54 Å². The average molecular weight is 247 g/mol. The highest BCUT2D eigenvalue weighted by Gasteiger charge is 2.16. The van der Waals surface area contributed by atoms with Crippen LogP contribution in [0.5, 0.6) is 0 Å². The van der Waals surface area contributed by atoms with E-state index in [4.69, 9.17) is 0 Å². The van der Waals surface area contributed by atoms with Gasteiger partial charge >= 0.3 is 0 Å². The van der Waals surface area contributed by atoms with Crippen molar-refractivity contribution in [2.45, 2.75) is 25.8 Å². The minimum atomic E-state index is 0.263. The van der Waals surface area contributed by atoms with Gasteiger partial charge in [0.05, 0.1) is 11.7 Å². The fraction of sp³-hybridized carbons (Fsp3) is 0.538. The molecule has 0 saturated carbocycles. The normalized spacial score (nSPS) is 12.8. The molecular weight excluding hydrogens is 226 g/mol. The van der Waals surface area contributed by atoms with Crippen LogP contribution in [0.2, 0.25) is 0 Å². The standard InChI is InChI=1S/C13H21N5/c1-4-6-14-11(12-5-7-16-18(12)3)10-13-15-8-9-17(13)2/h5,7-9,11,14H,4,6,10H2,1-3H3. The molecule has 0 radical (unpaired) electrons. The first-order valence-electron chi connectivity index (χ1n) is 6.39. The van der Waals surface area contributed by atoms with Crippen LogP contribution in [0.1, 0.15) is 30.9 Å². The molecule has 0 saturated heterocycles. The average Bonchev–Trinajstić information content (AvgIpc) is 2.94. The molecule has 18 heavy (non-hydrogen) atoms. The van der Waals surface area contributed by atoms with E-state index in [0.717, 1.165) is 25.2 Å². The van der Waals surface area contributed by atoms with Crippen molar-refractivity contribution < 1.29 is 0 Å². The largest absolute Gasteiger partial charge is 0.338 e. The van der Waals surface area contributed by atoms with Gasteiger partial charge in [0.1, 0.15) is 5.82 Å². The van der Waals surface area contributed by atoms with E-state index in [1.165, 1.54) is 5.69 Å². The van der Waals surface area contributed by atoms with Crippen LogP contribution in [0.15, 0.2) is 24.7 Å². The Bertz CT molecular complexity index is 485. The minimum absolute atomic E-state index is 0.263. The van der Waals surface area contributed by atoms with Crippen LogP contribution in [-0.4, -0.2) is 25.9 Å². The third kappa shape index (κ3) is 2.79. The Hall–Kier alpha value is -1.62. The highest BCUT2D eigenvalue weighted by Crippen LogP contribution is 2.16. The van der Waals surface area contributed by atoms with Gasteiger partial charge in [-0.1, -0.05) is 6.92 Å². The first-order chi connectivity index (χ1) is 8.72. The van der Waals surface area contributed by atoms with Crippen molar-refractivity contribution in [2.24, 2.45) is 14.1 Å². The molecule has 0 aliphatic rings. The van der Waals surface area contributed by atoms with E-state index < -0.39 is 0 Å². The van der Waals surface area contributed by atoms with Crippen LogP contribution in [-0.2, 0) is 20.5 Å². The van der Waals surface area contributed by atoms with Crippen molar-refractivity contribution in [3.63, 3.8) is 0 Å². The molecule has 5 nitrogen and oxygen atoms in total. The number of nitrogens with one attached hydrogen (secondary N) is 1. The van der Waals surface area contributed by atoms with E-state index in [2.05, 4.69) is 33.0 Å². The maximum atomic E-state index is 4.40. The maximum absolute atomic E-state index is 4.40. The predicted octanol–water partition coefficient (Wildman–Crippen LogP) is 1.44. The lowest BCUT2D eigenvalue weighted by Crippen LogP contribution is -2.27. The molecule has 5 heteroatoms. The summed E-state index contributed by atoms with van der Waals surface area (Å²) in [5.74, 6) is 1.09. The summed E-state index contributed by atoms with van der Waals surface area (Å²) in [6.07, 6.45) is 7.66. The summed E-state index contributed by atoms with van der Waals surface area (Å²) in [5, 5.41) is 7.81. The number of hydrogen-bond donors (Lipinski definition) is 1. The van der Waals surface area contributed by atoms with Crippen molar-refractivity contribution >= 4 is 0 Å². The maximum Gasteiger partial charge on any atom is 0.110 e. The van der Waals surface area contributed by atoms with E-state index in [1.54, 1.807) is 0 Å². The molecule has 0 bridgehead atoms. The first-order valence-corrected chi connectivity index (χ1v) is 6.39. The third-order valence-corrected chi connectivity index (χ3v) is 3.16. The van der Waals surface area contributed by atoms with E-state index in [0.29, 0.717) is 0 Å². The second kappa shape index (κ2) is 5.82. The number of hydrogen-bond acceptors (Lipinski definition) is 3. The summed E-state index contributed by atoms with van der Waals surface area (Å²) >= 11 is 0. The van der Waals surface area contributed by atoms with Crippen molar-refractivity contribution in [3.05, 3.63) is 36.2 Å². The molecule has 0 amide bonds. The molecule has 0 fully saturated rings. The Balaban J connectivity index is 2.15. The minimum Gasteiger partial charge on any atom is -0.338 e. The third-order valence-electron chi connectivity index (χ3n) is 3.16. The predicted molar refractivity (Wildman–Crippen MR) is 71.2 cm³/mol. The Labute approximate surface area is 108 Å². The molecule has 0 spiro atoms. The molecule has 0 aliphatic carbocycles. The molecule has 1 unspecified atom stereocenters. The van der Waals surface area contributed by atoms with Gasteiger partial charge in [0.2, 0.25) is 0 Å². The molecule has 2 aromatic rings. The fourth-order valence-electron chi connectivity index (χ4n) is 2.10. The van der Waals surface area contributed by atoms with Crippen molar-refractivity contribution in [1.29, 1.82) is 0 Å². The fourth-order valence-corrected chi connectivity index (χ4v) is 2.10. The summed E-state index contributed by atoms with van der Waals surface area (Å²) in [6.45, 7) is 3.17. The number of imidazole rings is 1. The van der Waals surface area contributed by atoms with E-state index in [9.17, 15) is 0 Å². The number of aromatic nitrogens is 4. The summed E-state index contributed by atoms with van der Waals surface area (Å²) in [6, 6.07) is 2.33. The highest BCUT2D eigenvalue weighted by molar-refractivity contribution is 5.10. The summed E-state index contributed by atoms with van der Waals surface area (Å²) in [5.41, 5.74) is 1.20. The SMILES string of the molecule is CCCNC(Cc1nccn1C)c1ccnn1C. The molecule has 0 aliphatic heterocycles. The molecule has 2 heterocycles. The summed E-state index contributed by atoms with van der Waals surface area (Å²) < 4.78 is 3.99. The van der Waals surface area contributed by atoms with Crippen LogP contribution in [0.4, 0.5) is 0 Å². The number of nitrogens with zero attached hydrogens (tertiary/aromatic N) is 4. The molecule has 98 valence electrons. The number of aryl methyl sites for hydroxylation is 2. The molecule has 1 N–H and O–H groups in total. The van der Waals surface area contributed by atoms with Crippen LogP contribution in [0.25, 0.3) is 0 Å². The van der Waals surface area contributed by atoms with E-state index in [-0.39, 0.29) is 6.04 Å². The second-order valence-corrected chi connectivity index (χ2v) is 4.54. The molecule has 1 atom stereocenters. The van der Waals surface area contributed by atoms with Gasteiger partial charge in [-0.2, -0.15) is 5.10 Å². The zero-order chi connectivity index (χ0) is 13.0. The summed E-state index contributed by atoms with van der Waals surface area (Å²) in [7, 11) is 4.01. The van der Waals surface area contributed by atoms with E-state index >= 15 is 0 Å². The van der Waals surface area contributed by atoms with Gasteiger partial charge in [0.15, 0.2) is 0 Å². The number of rotatable bonds is 6. The smallest absolute Gasteiger partial charge is 0.110 e.